The number of nitrogens with one attached hydrogen (secondary N) is 1. The summed E-state index contributed by atoms with van der Waals surface area (Å²) in [5.41, 5.74) is 8.01. The van der Waals surface area contributed by atoms with Crippen molar-refractivity contribution in [2.24, 2.45) is 0 Å². The summed E-state index contributed by atoms with van der Waals surface area (Å²) in [4.78, 5) is 42.1. The molecule has 0 spiro atoms. The molecule has 0 aromatic heterocycles. The van der Waals surface area contributed by atoms with Crippen LogP contribution < -0.4 is 10.2 Å². The molecule has 0 unspecified atom stereocenters. The normalized spacial score (nSPS) is 18.0. The zero-order valence-corrected chi connectivity index (χ0v) is 22.8. The summed E-state index contributed by atoms with van der Waals surface area (Å²) >= 11 is 0.875. The number of aryl methyl sites for hydroxylation is 3. The number of imide groups is 1. The molecule has 0 aliphatic carbocycles. The highest BCUT2D eigenvalue weighted by atomic mass is 32.2. The van der Waals surface area contributed by atoms with Crippen molar-refractivity contribution in [2.45, 2.75) is 54.0 Å². The van der Waals surface area contributed by atoms with Crippen LogP contribution in [0.15, 0.2) is 41.3 Å². The Labute approximate surface area is 217 Å². The molecule has 0 saturated carbocycles. The quantitative estimate of drug-likeness (QED) is 0.484. The molecule has 1 N–H and O–H groups in total. The topological polar surface area (TPSA) is 69.7 Å². The number of benzene rings is 2. The minimum atomic E-state index is -0.443. The fourth-order valence-corrected chi connectivity index (χ4v) is 5.87. The first-order valence-corrected chi connectivity index (χ1v) is 13.0. The molecule has 1 fully saturated rings. The van der Waals surface area contributed by atoms with Gasteiger partial charge in [-0.15, -0.1) is 0 Å². The van der Waals surface area contributed by atoms with Crippen LogP contribution in [0.2, 0.25) is 0 Å². The lowest BCUT2D eigenvalue weighted by atomic mass is 9.87. The van der Waals surface area contributed by atoms with Gasteiger partial charge in [-0.05, 0) is 107 Å². The number of hydrogen-bond donors (Lipinski definition) is 1. The maximum absolute atomic E-state index is 13.1. The van der Waals surface area contributed by atoms with Gasteiger partial charge in [-0.3, -0.25) is 19.3 Å². The van der Waals surface area contributed by atoms with Crippen LogP contribution in [-0.2, 0) is 9.59 Å². The number of amides is 3. The SMILES string of the molecule is CCN1c2cc(C)c(/C=C3\SC(=O)N(CC(=O)Nc4ccc(C)cc4C)C3=O)cc2C(C)=CC1(C)C. The maximum atomic E-state index is 13.1. The fourth-order valence-electron chi connectivity index (χ4n) is 5.04. The molecule has 2 heterocycles. The van der Waals surface area contributed by atoms with Crippen LogP contribution in [-0.4, -0.2) is 40.6 Å². The highest BCUT2D eigenvalue weighted by molar-refractivity contribution is 8.18. The number of allylic oxidation sites excluding steroid dienone is 1. The predicted octanol–water partition coefficient (Wildman–Crippen LogP) is 6.31. The Hall–Kier alpha value is -3.32. The Morgan fingerprint density at radius 2 is 1.78 bits per heavy atom. The van der Waals surface area contributed by atoms with Gasteiger partial charge in [0.25, 0.3) is 11.1 Å². The zero-order valence-electron chi connectivity index (χ0n) is 22.0. The van der Waals surface area contributed by atoms with E-state index in [0.29, 0.717) is 10.6 Å². The first-order valence-electron chi connectivity index (χ1n) is 12.2. The van der Waals surface area contributed by atoms with Crippen molar-refractivity contribution in [1.29, 1.82) is 0 Å². The molecule has 0 radical (unpaired) electrons. The predicted molar refractivity (Wildman–Crippen MR) is 149 cm³/mol. The number of nitrogens with zero attached hydrogens (tertiary/aromatic N) is 2. The summed E-state index contributed by atoms with van der Waals surface area (Å²) in [6.07, 6.45) is 4.03. The van der Waals surface area contributed by atoms with Crippen LogP contribution in [0.4, 0.5) is 16.2 Å². The summed E-state index contributed by atoms with van der Waals surface area (Å²) < 4.78 is 0. The summed E-state index contributed by atoms with van der Waals surface area (Å²) in [5.74, 6) is -0.847. The number of likely N-dealkylation sites (N-methyl/N-ethyl adjacent to an activating group) is 1. The summed E-state index contributed by atoms with van der Waals surface area (Å²) in [6, 6.07) is 9.95. The smallest absolute Gasteiger partial charge is 0.294 e. The molecule has 0 atom stereocenters. The Morgan fingerprint density at radius 1 is 1.06 bits per heavy atom. The Morgan fingerprint density at radius 3 is 2.44 bits per heavy atom. The van der Waals surface area contributed by atoms with Crippen LogP contribution in [0.1, 0.15) is 55.5 Å². The van der Waals surface area contributed by atoms with E-state index in [0.717, 1.165) is 51.0 Å². The van der Waals surface area contributed by atoms with Gasteiger partial charge in [0.2, 0.25) is 5.91 Å². The van der Waals surface area contributed by atoms with Gasteiger partial charge in [0, 0.05) is 23.5 Å². The van der Waals surface area contributed by atoms with Crippen LogP contribution in [0, 0.1) is 20.8 Å². The van der Waals surface area contributed by atoms with Crippen molar-refractivity contribution >= 4 is 51.8 Å². The molecule has 4 rings (SSSR count). The van der Waals surface area contributed by atoms with Gasteiger partial charge in [-0.2, -0.15) is 0 Å². The van der Waals surface area contributed by atoms with Gasteiger partial charge < -0.3 is 10.2 Å². The number of fused-ring (bicyclic) bond motifs is 1. The van der Waals surface area contributed by atoms with Crippen LogP contribution in [0.25, 0.3) is 11.6 Å². The lowest BCUT2D eigenvalue weighted by Crippen LogP contribution is -2.44. The van der Waals surface area contributed by atoms with E-state index in [9.17, 15) is 14.4 Å². The minimum Gasteiger partial charge on any atom is -0.363 e. The molecule has 3 amide bonds. The zero-order chi connectivity index (χ0) is 26.4. The van der Waals surface area contributed by atoms with Gasteiger partial charge >= 0.3 is 0 Å². The summed E-state index contributed by atoms with van der Waals surface area (Å²) in [6.45, 7) is 15.1. The van der Waals surface area contributed by atoms with Crippen molar-refractivity contribution in [1.82, 2.24) is 4.90 Å². The van der Waals surface area contributed by atoms with Gasteiger partial charge in [0.05, 0.1) is 10.4 Å². The van der Waals surface area contributed by atoms with E-state index >= 15 is 0 Å². The summed E-state index contributed by atoms with van der Waals surface area (Å²) in [5, 5.41) is 2.37. The second kappa shape index (κ2) is 9.62. The molecule has 0 bridgehead atoms. The first kappa shape index (κ1) is 25.8. The van der Waals surface area contributed by atoms with Crippen molar-refractivity contribution < 1.29 is 14.4 Å². The average Bonchev–Trinajstić information content (AvgIpc) is 3.04. The number of hydrogen-bond acceptors (Lipinski definition) is 5. The molecule has 1 saturated heterocycles. The van der Waals surface area contributed by atoms with Gasteiger partial charge in [0.15, 0.2) is 0 Å². The molecule has 7 heteroatoms. The Bertz CT molecular complexity index is 1340. The standard InChI is InChI=1S/C29H33N3O3S/c1-8-32-24-12-18(3)21(13-22(24)20(5)15-29(32,6)7)14-25-27(34)31(28(35)36-25)16-26(33)30-23-10-9-17(2)11-19(23)4/h9-15H,8,16H2,1-7H3,(H,30,33)/b25-14-. The lowest BCUT2D eigenvalue weighted by molar-refractivity contribution is -0.127. The van der Waals surface area contributed by atoms with Crippen molar-refractivity contribution in [2.75, 3.05) is 23.3 Å². The van der Waals surface area contributed by atoms with Crippen molar-refractivity contribution in [3.63, 3.8) is 0 Å². The van der Waals surface area contributed by atoms with Gasteiger partial charge in [-0.25, -0.2) is 0 Å². The second-order valence-corrected chi connectivity index (χ2v) is 11.1. The molecule has 2 aromatic carbocycles. The molecular formula is C29H33N3O3S. The number of carbonyl (C=O) groups is 3. The summed E-state index contributed by atoms with van der Waals surface area (Å²) in [7, 11) is 0. The molecule has 2 aliphatic heterocycles. The first-order chi connectivity index (χ1) is 16.9. The second-order valence-electron chi connectivity index (χ2n) is 10.1. The highest BCUT2D eigenvalue weighted by Gasteiger charge is 2.37. The molecular weight excluding hydrogens is 470 g/mol. The lowest BCUT2D eigenvalue weighted by Gasteiger charge is -2.43. The molecule has 6 nitrogen and oxygen atoms in total. The highest BCUT2D eigenvalue weighted by Crippen LogP contribution is 2.41. The average molecular weight is 504 g/mol. The minimum absolute atomic E-state index is 0.0832. The molecule has 2 aliphatic rings. The number of carbonyl (C=O) groups excluding carboxylic acids is 3. The van der Waals surface area contributed by atoms with E-state index in [1.54, 1.807) is 6.08 Å². The van der Waals surface area contributed by atoms with E-state index in [1.165, 1.54) is 11.3 Å². The number of rotatable bonds is 5. The van der Waals surface area contributed by atoms with E-state index < -0.39 is 17.1 Å². The Balaban J connectivity index is 1.56. The van der Waals surface area contributed by atoms with Crippen molar-refractivity contribution in [3.8, 4) is 0 Å². The monoisotopic (exact) mass is 503 g/mol. The fraction of sp³-hybridized carbons (Fsp3) is 0.345. The van der Waals surface area contributed by atoms with E-state index in [-0.39, 0.29) is 12.1 Å². The largest absolute Gasteiger partial charge is 0.363 e. The van der Waals surface area contributed by atoms with Crippen LogP contribution in [0.3, 0.4) is 0 Å². The Kier molecular flexibility index (Phi) is 6.88. The van der Waals surface area contributed by atoms with Crippen molar-refractivity contribution in [3.05, 3.63) is 69.1 Å². The van der Waals surface area contributed by atoms with E-state index in [1.807, 2.05) is 39.0 Å². The van der Waals surface area contributed by atoms with Gasteiger partial charge in [-0.1, -0.05) is 23.8 Å². The number of anilines is 2. The van der Waals surface area contributed by atoms with Crippen LogP contribution in [0.5, 0.6) is 0 Å². The van der Waals surface area contributed by atoms with E-state index in [4.69, 9.17) is 0 Å². The van der Waals surface area contributed by atoms with Gasteiger partial charge in [0.1, 0.15) is 6.54 Å². The van der Waals surface area contributed by atoms with E-state index in [2.05, 4.69) is 56.1 Å². The molecule has 36 heavy (non-hydrogen) atoms. The maximum Gasteiger partial charge on any atom is 0.294 e. The number of thioether (sulfide) groups is 1. The third kappa shape index (κ3) is 4.85. The molecule has 188 valence electrons. The third-order valence-electron chi connectivity index (χ3n) is 6.80. The van der Waals surface area contributed by atoms with Crippen LogP contribution >= 0.6 is 11.8 Å². The third-order valence-corrected chi connectivity index (χ3v) is 7.71. The molecule has 2 aromatic rings.